The van der Waals surface area contributed by atoms with Crippen molar-refractivity contribution in [2.45, 2.75) is 46.1 Å². The molecule has 0 saturated carbocycles. The molecule has 1 rings (SSSR count). The molecule has 0 amide bonds. The Kier molecular flexibility index (Phi) is 3.20. The zero-order valence-corrected chi connectivity index (χ0v) is 9.79. The van der Waals surface area contributed by atoms with Crippen molar-refractivity contribution < 1.29 is 4.74 Å². The fourth-order valence-corrected chi connectivity index (χ4v) is 1.31. The highest BCUT2D eigenvalue weighted by Crippen LogP contribution is 2.25. The van der Waals surface area contributed by atoms with Crippen molar-refractivity contribution in [3.05, 3.63) is 29.8 Å². The van der Waals surface area contributed by atoms with E-state index in [1.807, 2.05) is 19.9 Å². The van der Waals surface area contributed by atoms with Gasteiger partial charge in [-0.15, -0.1) is 0 Å². The molecule has 0 fully saturated rings. The first kappa shape index (κ1) is 11.1. The smallest absolute Gasteiger partial charge is 0.119 e. The molecular weight excluding hydrogens is 172 g/mol. The van der Waals surface area contributed by atoms with Crippen LogP contribution in [0.4, 0.5) is 0 Å². The van der Waals surface area contributed by atoms with E-state index >= 15 is 0 Å². The highest BCUT2D eigenvalue weighted by Gasteiger charge is 2.13. The maximum atomic E-state index is 5.65. The lowest BCUT2D eigenvalue weighted by molar-refractivity contribution is 0.242. The van der Waals surface area contributed by atoms with E-state index in [1.54, 1.807) is 0 Å². The number of benzene rings is 1. The average molecular weight is 192 g/mol. The molecule has 1 nitrogen and oxygen atoms in total. The molecule has 1 heteroatoms. The van der Waals surface area contributed by atoms with E-state index in [0.717, 1.165) is 5.75 Å². The van der Waals surface area contributed by atoms with Gasteiger partial charge in [-0.05, 0) is 37.0 Å². The van der Waals surface area contributed by atoms with Crippen LogP contribution in [0.3, 0.4) is 0 Å². The summed E-state index contributed by atoms with van der Waals surface area (Å²) < 4.78 is 5.65. The van der Waals surface area contributed by atoms with Crippen LogP contribution in [0.5, 0.6) is 5.75 Å². The molecule has 0 aliphatic rings. The minimum atomic E-state index is 0.191. The molecule has 1 aromatic rings. The highest BCUT2D eigenvalue weighted by atomic mass is 16.5. The molecule has 14 heavy (non-hydrogen) atoms. The first-order valence-corrected chi connectivity index (χ1v) is 5.17. The maximum absolute atomic E-state index is 5.65. The highest BCUT2D eigenvalue weighted by molar-refractivity contribution is 5.32. The Morgan fingerprint density at radius 2 is 1.79 bits per heavy atom. The Balaban J connectivity index is 2.90. The van der Waals surface area contributed by atoms with Crippen LogP contribution in [0.25, 0.3) is 0 Å². The Labute approximate surface area is 87.1 Å². The Hall–Kier alpha value is -0.980. The predicted octanol–water partition coefficient (Wildman–Crippen LogP) is 3.77. The number of rotatable bonds is 2. The summed E-state index contributed by atoms with van der Waals surface area (Å²) in [4.78, 5) is 0. The Bertz CT molecular complexity index is 294. The summed E-state index contributed by atoms with van der Waals surface area (Å²) >= 11 is 0. The third-order valence-electron chi connectivity index (χ3n) is 2.07. The summed E-state index contributed by atoms with van der Waals surface area (Å²) in [5.74, 6) is 0.965. The molecule has 0 aliphatic heterocycles. The van der Waals surface area contributed by atoms with Crippen LogP contribution in [-0.2, 0) is 5.41 Å². The standard InChI is InChI=1S/C13H20O/c1-10(2)14-12-8-6-7-11(9-12)13(3,4)5/h6-10H,1-5H3. The van der Waals surface area contributed by atoms with Crippen molar-refractivity contribution in [2.24, 2.45) is 0 Å². The molecular formula is C13H20O. The second-order valence-corrected chi connectivity index (χ2v) is 4.94. The van der Waals surface area contributed by atoms with Crippen LogP contribution in [0.15, 0.2) is 24.3 Å². The topological polar surface area (TPSA) is 9.23 Å². The molecule has 78 valence electrons. The van der Waals surface area contributed by atoms with Gasteiger partial charge in [0.1, 0.15) is 5.75 Å². The third kappa shape index (κ3) is 3.06. The van der Waals surface area contributed by atoms with Gasteiger partial charge < -0.3 is 4.74 Å². The van der Waals surface area contributed by atoms with Gasteiger partial charge in [-0.2, -0.15) is 0 Å². The van der Waals surface area contributed by atoms with Crippen molar-refractivity contribution in [2.75, 3.05) is 0 Å². The quantitative estimate of drug-likeness (QED) is 0.693. The van der Waals surface area contributed by atoms with Gasteiger partial charge in [0.2, 0.25) is 0 Å². The first-order valence-electron chi connectivity index (χ1n) is 5.17. The summed E-state index contributed by atoms with van der Waals surface area (Å²) in [6, 6.07) is 8.33. The van der Waals surface area contributed by atoms with E-state index in [0.29, 0.717) is 0 Å². The number of hydrogen-bond acceptors (Lipinski definition) is 1. The summed E-state index contributed by atoms with van der Waals surface area (Å²) in [5, 5.41) is 0. The van der Waals surface area contributed by atoms with Gasteiger partial charge in [0.25, 0.3) is 0 Å². The minimum absolute atomic E-state index is 0.191. The summed E-state index contributed by atoms with van der Waals surface area (Å²) in [6.45, 7) is 10.7. The van der Waals surface area contributed by atoms with Gasteiger partial charge in [0.05, 0.1) is 6.10 Å². The lowest BCUT2D eigenvalue weighted by Crippen LogP contribution is -2.12. The van der Waals surface area contributed by atoms with Crippen molar-refractivity contribution in [3.8, 4) is 5.75 Å². The second kappa shape index (κ2) is 4.04. The first-order chi connectivity index (χ1) is 6.39. The van der Waals surface area contributed by atoms with E-state index in [4.69, 9.17) is 4.74 Å². The van der Waals surface area contributed by atoms with Crippen LogP contribution in [0.2, 0.25) is 0 Å². The van der Waals surface area contributed by atoms with Crippen LogP contribution >= 0.6 is 0 Å². The van der Waals surface area contributed by atoms with E-state index in [9.17, 15) is 0 Å². The molecule has 0 saturated heterocycles. The SMILES string of the molecule is CC(C)Oc1cccc(C(C)(C)C)c1. The predicted molar refractivity (Wildman–Crippen MR) is 60.9 cm³/mol. The van der Waals surface area contributed by atoms with Gasteiger partial charge >= 0.3 is 0 Å². The van der Waals surface area contributed by atoms with Crippen molar-refractivity contribution in [3.63, 3.8) is 0 Å². The Morgan fingerprint density at radius 3 is 2.29 bits per heavy atom. The molecule has 0 aliphatic carbocycles. The van der Waals surface area contributed by atoms with E-state index in [1.165, 1.54) is 5.56 Å². The van der Waals surface area contributed by atoms with Crippen molar-refractivity contribution in [1.29, 1.82) is 0 Å². The fraction of sp³-hybridized carbons (Fsp3) is 0.538. The van der Waals surface area contributed by atoms with Crippen molar-refractivity contribution in [1.82, 2.24) is 0 Å². The van der Waals surface area contributed by atoms with Gasteiger partial charge in [-0.1, -0.05) is 32.9 Å². The molecule has 1 aromatic carbocycles. The van der Waals surface area contributed by atoms with Gasteiger partial charge in [-0.25, -0.2) is 0 Å². The van der Waals surface area contributed by atoms with E-state index in [2.05, 4.69) is 39.0 Å². The van der Waals surface area contributed by atoms with Crippen molar-refractivity contribution >= 4 is 0 Å². The van der Waals surface area contributed by atoms with Crippen LogP contribution in [-0.4, -0.2) is 6.10 Å². The monoisotopic (exact) mass is 192 g/mol. The van der Waals surface area contributed by atoms with Gasteiger partial charge in [0, 0.05) is 0 Å². The number of hydrogen-bond donors (Lipinski definition) is 0. The van der Waals surface area contributed by atoms with Gasteiger partial charge in [-0.3, -0.25) is 0 Å². The Morgan fingerprint density at radius 1 is 1.14 bits per heavy atom. The average Bonchev–Trinajstić information content (AvgIpc) is 2.01. The molecule has 0 radical (unpaired) electrons. The normalized spacial score (nSPS) is 11.9. The van der Waals surface area contributed by atoms with E-state index in [-0.39, 0.29) is 11.5 Å². The van der Waals surface area contributed by atoms with E-state index < -0.39 is 0 Å². The molecule has 0 atom stereocenters. The third-order valence-corrected chi connectivity index (χ3v) is 2.07. The molecule has 0 unspecified atom stereocenters. The summed E-state index contributed by atoms with van der Waals surface area (Å²) in [5.41, 5.74) is 1.51. The zero-order chi connectivity index (χ0) is 10.8. The van der Waals surface area contributed by atoms with Crippen LogP contribution < -0.4 is 4.74 Å². The molecule has 0 bridgehead atoms. The molecule has 0 aromatic heterocycles. The maximum Gasteiger partial charge on any atom is 0.119 e. The summed E-state index contributed by atoms with van der Waals surface area (Å²) in [7, 11) is 0. The summed E-state index contributed by atoms with van der Waals surface area (Å²) in [6.07, 6.45) is 0.241. The molecule has 0 spiro atoms. The zero-order valence-electron chi connectivity index (χ0n) is 9.79. The molecule has 0 N–H and O–H groups in total. The van der Waals surface area contributed by atoms with Gasteiger partial charge in [0.15, 0.2) is 0 Å². The largest absolute Gasteiger partial charge is 0.491 e. The lowest BCUT2D eigenvalue weighted by atomic mass is 9.87. The lowest BCUT2D eigenvalue weighted by Gasteiger charge is -2.20. The van der Waals surface area contributed by atoms with Crippen LogP contribution in [0.1, 0.15) is 40.2 Å². The fourth-order valence-electron chi connectivity index (χ4n) is 1.31. The molecule has 0 heterocycles. The minimum Gasteiger partial charge on any atom is -0.491 e. The number of ether oxygens (including phenoxy) is 1. The second-order valence-electron chi connectivity index (χ2n) is 4.94. The van der Waals surface area contributed by atoms with Crippen LogP contribution in [0, 0.1) is 0 Å².